The lowest BCUT2D eigenvalue weighted by molar-refractivity contribution is 0.504. The number of hydrogen-bond acceptors (Lipinski definition) is 1. The van der Waals surface area contributed by atoms with Gasteiger partial charge in [0.1, 0.15) is 5.82 Å². The molecule has 5 heteroatoms. The maximum absolute atomic E-state index is 13.0. The fourth-order valence-corrected chi connectivity index (χ4v) is 1.22. The molecule has 1 heterocycles. The SMILES string of the molecule is O=c1ccc2c(F)cc(F)c(F)c2[nH]1. The molecule has 0 saturated carbocycles. The minimum Gasteiger partial charge on any atom is -0.319 e. The highest BCUT2D eigenvalue weighted by Gasteiger charge is 2.12. The highest BCUT2D eigenvalue weighted by atomic mass is 19.2. The molecular formula is C9H4F3NO. The van der Waals surface area contributed by atoms with E-state index in [1.165, 1.54) is 0 Å². The third kappa shape index (κ3) is 1.17. The first-order valence-electron chi connectivity index (χ1n) is 3.76. The summed E-state index contributed by atoms with van der Waals surface area (Å²) in [6.45, 7) is 0. The zero-order valence-corrected chi connectivity index (χ0v) is 6.77. The van der Waals surface area contributed by atoms with Gasteiger partial charge in [0.05, 0.1) is 5.52 Å². The first-order valence-corrected chi connectivity index (χ1v) is 3.76. The van der Waals surface area contributed by atoms with Gasteiger partial charge < -0.3 is 4.98 Å². The maximum atomic E-state index is 13.0. The number of rotatable bonds is 0. The van der Waals surface area contributed by atoms with Gasteiger partial charge >= 0.3 is 0 Å². The second-order valence-corrected chi connectivity index (χ2v) is 2.77. The molecule has 0 radical (unpaired) electrons. The smallest absolute Gasteiger partial charge is 0.248 e. The molecule has 1 aromatic carbocycles. The Balaban J connectivity index is 3.02. The van der Waals surface area contributed by atoms with Crippen LogP contribution in [0.1, 0.15) is 0 Å². The average Bonchev–Trinajstić information content (AvgIpc) is 2.14. The number of benzene rings is 1. The Morgan fingerprint density at radius 2 is 1.79 bits per heavy atom. The zero-order chi connectivity index (χ0) is 10.3. The van der Waals surface area contributed by atoms with E-state index in [4.69, 9.17) is 0 Å². The summed E-state index contributed by atoms with van der Waals surface area (Å²) in [6.07, 6.45) is 0. The molecule has 0 aliphatic heterocycles. The van der Waals surface area contributed by atoms with Gasteiger partial charge in [0.25, 0.3) is 0 Å². The monoisotopic (exact) mass is 199 g/mol. The molecular weight excluding hydrogens is 195 g/mol. The van der Waals surface area contributed by atoms with E-state index in [1.54, 1.807) is 0 Å². The Labute approximate surface area is 76.0 Å². The average molecular weight is 199 g/mol. The van der Waals surface area contributed by atoms with E-state index in [-0.39, 0.29) is 5.39 Å². The van der Waals surface area contributed by atoms with Crippen molar-refractivity contribution in [3.63, 3.8) is 0 Å². The molecule has 0 atom stereocenters. The number of H-pyrrole nitrogens is 1. The minimum atomic E-state index is -1.32. The molecule has 0 aliphatic carbocycles. The van der Waals surface area contributed by atoms with E-state index in [0.29, 0.717) is 6.07 Å². The molecule has 0 amide bonds. The number of nitrogens with one attached hydrogen (secondary N) is 1. The Hall–Kier alpha value is -1.78. The van der Waals surface area contributed by atoms with Crippen molar-refractivity contribution in [1.82, 2.24) is 4.98 Å². The Kier molecular flexibility index (Phi) is 1.80. The third-order valence-corrected chi connectivity index (χ3v) is 1.86. The summed E-state index contributed by atoms with van der Waals surface area (Å²) < 4.78 is 38.8. The Morgan fingerprint density at radius 3 is 2.50 bits per heavy atom. The highest BCUT2D eigenvalue weighted by molar-refractivity contribution is 5.79. The van der Waals surface area contributed by atoms with Gasteiger partial charge in [-0.05, 0) is 6.07 Å². The van der Waals surface area contributed by atoms with Crippen molar-refractivity contribution >= 4 is 10.9 Å². The quantitative estimate of drug-likeness (QED) is 0.646. The summed E-state index contributed by atoms with van der Waals surface area (Å²) in [6, 6.07) is 2.59. The van der Waals surface area contributed by atoms with Gasteiger partial charge in [0, 0.05) is 17.5 Å². The van der Waals surface area contributed by atoms with Crippen LogP contribution in [-0.4, -0.2) is 4.98 Å². The van der Waals surface area contributed by atoms with Gasteiger partial charge in [-0.1, -0.05) is 0 Å². The summed E-state index contributed by atoms with van der Waals surface area (Å²) in [5.41, 5.74) is -1.06. The fraction of sp³-hybridized carbons (Fsp3) is 0. The van der Waals surface area contributed by atoms with Gasteiger partial charge in [-0.15, -0.1) is 0 Å². The second-order valence-electron chi connectivity index (χ2n) is 2.77. The lowest BCUT2D eigenvalue weighted by Crippen LogP contribution is -2.05. The highest BCUT2D eigenvalue weighted by Crippen LogP contribution is 2.20. The first kappa shape index (κ1) is 8.80. The number of aromatic amines is 1. The van der Waals surface area contributed by atoms with Crippen LogP contribution in [0.4, 0.5) is 13.2 Å². The van der Waals surface area contributed by atoms with Crippen LogP contribution in [-0.2, 0) is 0 Å². The van der Waals surface area contributed by atoms with Crippen molar-refractivity contribution in [3.05, 3.63) is 46.0 Å². The van der Waals surface area contributed by atoms with Crippen LogP contribution < -0.4 is 5.56 Å². The maximum Gasteiger partial charge on any atom is 0.248 e. The van der Waals surface area contributed by atoms with Crippen LogP contribution in [0.25, 0.3) is 10.9 Å². The van der Waals surface area contributed by atoms with Crippen molar-refractivity contribution in [3.8, 4) is 0 Å². The van der Waals surface area contributed by atoms with Gasteiger partial charge in [-0.2, -0.15) is 0 Å². The fourth-order valence-electron chi connectivity index (χ4n) is 1.22. The summed E-state index contributed by atoms with van der Waals surface area (Å²) in [5.74, 6) is -3.48. The lowest BCUT2D eigenvalue weighted by atomic mass is 10.2. The van der Waals surface area contributed by atoms with Crippen LogP contribution in [0.2, 0.25) is 0 Å². The second kappa shape index (κ2) is 2.87. The van der Waals surface area contributed by atoms with E-state index < -0.39 is 28.5 Å². The van der Waals surface area contributed by atoms with Crippen LogP contribution in [0.15, 0.2) is 23.0 Å². The van der Waals surface area contributed by atoms with Crippen molar-refractivity contribution in [2.75, 3.05) is 0 Å². The lowest BCUT2D eigenvalue weighted by Gasteiger charge is -2.00. The molecule has 14 heavy (non-hydrogen) atoms. The molecule has 1 N–H and O–H groups in total. The zero-order valence-electron chi connectivity index (χ0n) is 6.77. The number of aromatic nitrogens is 1. The molecule has 2 aromatic rings. The molecule has 0 spiro atoms. The number of hydrogen-bond donors (Lipinski definition) is 1. The molecule has 2 nitrogen and oxygen atoms in total. The van der Waals surface area contributed by atoms with Crippen LogP contribution in [0, 0.1) is 17.5 Å². The van der Waals surface area contributed by atoms with Crippen molar-refractivity contribution < 1.29 is 13.2 Å². The van der Waals surface area contributed by atoms with Crippen LogP contribution in [0.5, 0.6) is 0 Å². The molecule has 2 rings (SSSR count). The van der Waals surface area contributed by atoms with E-state index in [0.717, 1.165) is 12.1 Å². The molecule has 1 aromatic heterocycles. The molecule has 72 valence electrons. The Morgan fingerprint density at radius 1 is 1.07 bits per heavy atom. The van der Waals surface area contributed by atoms with E-state index >= 15 is 0 Å². The number of pyridine rings is 1. The summed E-state index contributed by atoms with van der Waals surface area (Å²) in [4.78, 5) is 12.8. The largest absolute Gasteiger partial charge is 0.319 e. The van der Waals surface area contributed by atoms with Gasteiger partial charge in [-0.25, -0.2) is 13.2 Å². The standard InChI is InChI=1S/C9H4F3NO/c10-5-3-6(11)8(12)9-4(5)1-2-7(14)13-9/h1-3H,(H,13,14). The summed E-state index contributed by atoms with van der Waals surface area (Å²) in [7, 11) is 0. The predicted octanol–water partition coefficient (Wildman–Crippen LogP) is 1.95. The molecule has 0 saturated heterocycles. The van der Waals surface area contributed by atoms with E-state index in [1.807, 2.05) is 4.98 Å². The molecule has 0 unspecified atom stereocenters. The van der Waals surface area contributed by atoms with Crippen molar-refractivity contribution in [2.45, 2.75) is 0 Å². The van der Waals surface area contributed by atoms with Crippen LogP contribution >= 0.6 is 0 Å². The predicted molar refractivity (Wildman–Crippen MR) is 44.4 cm³/mol. The normalized spacial score (nSPS) is 10.8. The van der Waals surface area contributed by atoms with Gasteiger partial charge in [0.2, 0.25) is 5.56 Å². The van der Waals surface area contributed by atoms with Crippen LogP contribution in [0.3, 0.4) is 0 Å². The number of halogens is 3. The topological polar surface area (TPSA) is 32.9 Å². The number of fused-ring (bicyclic) bond motifs is 1. The third-order valence-electron chi connectivity index (χ3n) is 1.86. The van der Waals surface area contributed by atoms with Gasteiger partial charge in [0.15, 0.2) is 11.6 Å². The summed E-state index contributed by atoms with van der Waals surface area (Å²) in [5, 5.41) is -0.150. The van der Waals surface area contributed by atoms with Crippen molar-refractivity contribution in [1.29, 1.82) is 0 Å². The summed E-state index contributed by atoms with van der Waals surface area (Å²) >= 11 is 0. The minimum absolute atomic E-state index is 0.150. The van der Waals surface area contributed by atoms with Crippen molar-refractivity contribution in [2.24, 2.45) is 0 Å². The van der Waals surface area contributed by atoms with Gasteiger partial charge in [-0.3, -0.25) is 4.79 Å². The first-order chi connectivity index (χ1) is 6.59. The van der Waals surface area contributed by atoms with E-state index in [2.05, 4.69) is 0 Å². The van der Waals surface area contributed by atoms with E-state index in [9.17, 15) is 18.0 Å². The molecule has 0 aliphatic rings. The molecule has 0 bridgehead atoms. The Bertz CT molecular complexity index is 562. The molecule has 0 fully saturated rings.